The summed E-state index contributed by atoms with van der Waals surface area (Å²) in [6, 6.07) is 13.0. The fraction of sp³-hybridized carbons (Fsp3) is 0.562. The van der Waals surface area contributed by atoms with Crippen molar-refractivity contribution in [2.24, 2.45) is 0 Å². The third kappa shape index (κ3) is 13.9. The molecular formula is C32H48N2O3. The Hall–Kier alpha value is -2.82. The van der Waals surface area contributed by atoms with Gasteiger partial charge in [0.25, 0.3) is 11.8 Å². The highest BCUT2D eigenvalue weighted by Crippen LogP contribution is 2.15. The van der Waals surface area contributed by atoms with Crippen LogP contribution in [0, 0.1) is 0 Å². The average molecular weight is 509 g/mol. The van der Waals surface area contributed by atoms with Crippen molar-refractivity contribution in [3.63, 3.8) is 0 Å². The third-order valence-corrected chi connectivity index (χ3v) is 6.85. The van der Waals surface area contributed by atoms with Crippen molar-refractivity contribution in [1.29, 1.82) is 0 Å². The number of rotatable bonds is 20. The molecule has 5 heteroatoms. The van der Waals surface area contributed by atoms with Gasteiger partial charge in [0, 0.05) is 23.4 Å². The first-order valence-electron chi connectivity index (χ1n) is 14.6. The minimum absolute atomic E-state index is 0.0858. The molecule has 0 aromatic heterocycles. The highest BCUT2D eigenvalue weighted by Gasteiger charge is 2.08. The molecule has 2 amide bonds. The lowest BCUT2D eigenvalue weighted by Crippen LogP contribution is -2.24. The van der Waals surface area contributed by atoms with Crippen LogP contribution in [0.2, 0.25) is 0 Å². The first-order valence-corrected chi connectivity index (χ1v) is 14.6. The van der Waals surface area contributed by atoms with E-state index in [9.17, 15) is 14.7 Å². The molecule has 0 bridgehead atoms. The van der Waals surface area contributed by atoms with Crippen LogP contribution in [0.25, 0.3) is 0 Å². The highest BCUT2D eigenvalue weighted by atomic mass is 16.3. The van der Waals surface area contributed by atoms with Crippen molar-refractivity contribution in [2.45, 2.75) is 110 Å². The Morgan fingerprint density at radius 3 is 1.46 bits per heavy atom. The molecule has 204 valence electrons. The number of hydrogen-bond donors (Lipinski definition) is 3. The van der Waals surface area contributed by atoms with Crippen LogP contribution in [-0.4, -0.2) is 23.5 Å². The molecule has 5 nitrogen and oxygen atoms in total. The van der Waals surface area contributed by atoms with Gasteiger partial charge in [-0.05, 0) is 55.0 Å². The van der Waals surface area contributed by atoms with Gasteiger partial charge in [0.05, 0.1) is 0 Å². The van der Waals surface area contributed by atoms with Crippen molar-refractivity contribution >= 4 is 17.5 Å². The lowest BCUT2D eigenvalue weighted by molar-refractivity contribution is 0.0952. The topological polar surface area (TPSA) is 78.4 Å². The molecule has 0 fully saturated rings. The molecule has 0 radical (unpaired) electrons. The van der Waals surface area contributed by atoms with Gasteiger partial charge in [0.15, 0.2) is 0 Å². The van der Waals surface area contributed by atoms with E-state index < -0.39 is 0 Å². The van der Waals surface area contributed by atoms with E-state index in [1.807, 2.05) is 0 Å². The molecule has 3 N–H and O–H groups in total. The number of unbranched alkanes of at least 4 members (excludes halogenated alkanes) is 15. The molecule has 0 saturated heterocycles. The summed E-state index contributed by atoms with van der Waals surface area (Å²) >= 11 is 0. The maximum Gasteiger partial charge on any atom is 0.255 e. The van der Waals surface area contributed by atoms with Crippen LogP contribution < -0.4 is 10.6 Å². The van der Waals surface area contributed by atoms with Crippen LogP contribution in [0.5, 0.6) is 5.75 Å². The van der Waals surface area contributed by atoms with Gasteiger partial charge in [-0.3, -0.25) is 9.59 Å². The fourth-order valence-corrected chi connectivity index (χ4v) is 4.50. The molecule has 0 aliphatic carbocycles. The van der Waals surface area contributed by atoms with Gasteiger partial charge in [-0.1, -0.05) is 103 Å². The summed E-state index contributed by atoms with van der Waals surface area (Å²) in [4.78, 5) is 24.6. The second-order valence-electron chi connectivity index (χ2n) is 10.1. The lowest BCUT2D eigenvalue weighted by atomic mass is 10.0. The van der Waals surface area contributed by atoms with Crippen LogP contribution in [-0.2, 0) is 0 Å². The maximum atomic E-state index is 12.4. The van der Waals surface area contributed by atoms with Crippen LogP contribution in [0.15, 0.2) is 48.5 Å². The van der Waals surface area contributed by atoms with Crippen LogP contribution in [0.4, 0.5) is 5.69 Å². The van der Waals surface area contributed by atoms with Crippen molar-refractivity contribution in [2.75, 3.05) is 11.9 Å². The van der Waals surface area contributed by atoms with Crippen molar-refractivity contribution in [3.05, 3.63) is 59.7 Å². The number of carbonyl (C=O) groups excluding carboxylic acids is 2. The standard InChI is InChI=1S/C32H48N2O3/c1-2-3-4-5-6-7-8-9-10-11-12-13-14-15-16-17-26-33-31(36)27-18-22-29(23-19-27)34-32(37)28-20-24-30(35)25-21-28/h18-25,35H,2-17,26H2,1H3,(H,33,36)(H,34,37). The Morgan fingerprint density at radius 2 is 0.973 bits per heavy atom. The molecule has 2 aromatic carbocycles. The smallest absolute Gasteiger partial charge is 0.255 e. The van der Waals surface area contributed by atoms with Crippen molar-refractivity contribution < 1.29 is 14.7 Å². The van der Waals surface area contributed by atoms with Crippen LogP contribution in [0.1, 0.15) is 130 Å². The molecular weight excluding hydrogens is 460 g/mol. The number of phenolic OH excluding ortho intramolecular Hbond substituents is 1. The highest BCUT2D eigenvalue weighted by molar-refractivity contribution is 6.04. The molecule has 0 spiro atoms. The number of benzene rings is 2. The van der Waals surface area contributed by atoms with Gasteiger partial charge in [0.1, 0.15) is 5.75 Å². The molecule has 37 heavy (non-hydrogen) atoms. The second kappa shape index (κ2) is 19.3. The van der Waals surface area contributed by atoms with E-state index in [1.54, 1.807) is 36.4 Å². The fourth-order valence-electron chi connectivity index (χ4n) is 4.50. The number of amides is 2. The van der Waals surface area contributed by atoms with Gasteiger partial charge in [-0.15, -0.1) is 0 Å². The quantitative estimate of drug-likeness (QED) is 0.157. The Bertz CT molecular complexity index is 878. The number of carbonyl (C=O) groups is 2. The summed E-state index contributed by atoms with van der Waals surface area (Å²) in [6.07, 6.45) is 21.4. The third-order valence-electron chi connectivity index (χ3n) is 6.85. The Balaban J connectivity index is 1.44. The summed E-state index contributed by atoms with van der Waals surface area (Å²) in [5, 5.41) is 15.1. The van der Waals surface area contributed by atoms with Gasteiger partial charge in [-0.25, -0.2) is 0 Å². The van der Waals surface area contributed by atoms with Gasteiger partial charge in [0.2, 0.25) is 0 Å². The molecule has 0 aliphatic rings. The first kappa shape index (κ1) is 30.4. The van der Waals surface area contributed by atoms with E-state index >= 15 is 0 Å². The predicted octanol–water partition coefficient (Wildman–Crippen LogP) is 8.64. The summed E-state index contributed by atoms with van der Waals surface area (Å²) in [7, 11) is 0. The maximum absolute atomic E-state index is 12.4. The molecule has 2 rings (SSSR count). The van der Waals surface area contributed by atoms with Crippen LogP contribution >= 0.6 is 0 Å². The second-order valence-corrected chi connectivity index (χ2v) is 10.1. The van der Waals surface area contributed by atoms with Gasteiger partial charge in [-0.2, -0.15) is 0 Å². The van der Waals surface area contributed by atoms with Crippen molar-refractivity contribution in [3.8, 4) is 5.75 Å². The number of aromatic hydroxyl groups is 1. The predicted molar refractivity (Wildman–Crippen MR) is 154 cm³/mol. The average Bonchev–Trinajstić information content (AvgIpc) is 2.91. The Kier molecular flexibility index (Phi) is 15.9. The zero-order valence-corrected chi connectivity index (χ0v) is 22.9. The largest absolute Gasteiger partial charge is 0.508 e. The van der Waals surface area contributed by atoms with Crippen molar-refractivity contribution in [1.82, 2.24) is 5.32 Å². The number of nitrogens with one attached hydrogen (secondary N) is 2. The summed E-state index contributed by atoms with van der Waals surface area (Å²) in [6.45, 7) is 2.97. The minimum Gasteiger partial charge on any atom is -0.508 e. The minimum atomic E-state index is -0.263. The van der Waals surface area contributed by atoms with Gasteiger partial charge >= 0.3 is 0 Å². The molecule has 0 aliphatic heterocycles. The van der Waals surface area contributed by atoms with E-state index in [2.05, 4.69) is 17.6 Å². The SMILES string of the molecule is CCCCCCCCCCCCCCCCCCNC(=O)c1ccc(NC(=O)c2ccc(O)cc2)cc1. The molecule has 2 aromatic rings. The van der Waals surface area contributed by atoms with E-state index in [0.29, 0.717) is 23.4 Å². The summed E-state index contributed by atoms with van der Waals surface area (Å²) < 4.78 is 0. The number of anilines is 1. The van der Waals surface area contributed by atoms with E-state index in [4.69, 9.17) is 0 Å². The Morgan fingerprint density at radius 1 is 0.568 bits per heavy atom. The monoisotopic (exact) mass is 508 g/mol. The first-order chi connectivity index (χ1) is 18.1. The van der Waals surface area contributed by atoms with Crippen LogP contribution in [0.3, 0.4) is 0 Å². The molecule has 0 unspecified atom stereocenters. The summed E-state index contributed by atoms with van der Waals surface area (Å²) in [5.41, 5.74) is 1.66. The van der Waals surface area contributed by atoms with E-state index in [-0.39, 0.29) is 17.6 Å². The Labute approximate surface area is 224 Å². The molecule has 0 atom stereocenters. The zero-order valence-electron chi connectivity index (χ0n) is 22.9. The van der Waals surface area contributed by atoms with Gasteiger partial charge < -0.3 is 15.7 Å². The molecule has 0 heterocycles. The summed E-state index contributed by atoms with van der Waals surface area (Å²) in [5.74, 6) is -0.232. The van der Waals surface area contributed by atoms with E-state index in [0.717, 1.165) is 12.8 Å². The number of hydrogen-bond acceptors (Lipinski definition) is 3. The lowest BCUT2D eigenvalue weighted by Gasteiger charge is -2.08. The molecule has 0 saturated carbocycles. The number of phenols is 1. The zero-order chi connectivity index (χ0) is 26.6. The normalized spacial score (nSPS) is 10.8. The van der Waals surface area contributed by atoms with E-state index in [1.165, 1.54) is 102 Å².